The average Bonchev–Trinajstić information content (AvgIpc) is 3.82. The number of H-pyrrole nitrogens is 2. The third-order valence-electron chi connectivity index (χ3n) is 10.4. The Kier molecular flexibility index (Phi) is 13.3. The van der Waals surface area contributed by atoms with Crippen molar-refractivity contribution >= 4 is 70.3 Å². The summed E-state index contributed by atoms with van der Waals surface area (Å²) < 4.78 is 11.1. The quantitative estimate of drug-likeness (QED) is 0.128. The molecule has 0 saturated carbocycles. The number of nitroso groups, excluding NO2 is 1. The van der Waals surface area contributed by atoms with E-state index in [1.54, 1.807) is 25.3 Å². The van der Waals surface area contributed by atoms with E-state index in [0.29, 0.717) is 48.8 Å². The Morgan fingerprint density at radius 1 is 0.923 bits per heavy atom. The lowest BCUT2D eigenvalue weighted by molar-refractivity contribution is -0.133. The highest BCUT2D eigenvalue weighted by Gasteiger charge is 2.37. The number of aromatic amines is 2. The van der Waals surface area contributed by atoms with Crippen LogP contribution in [0.25, 0.3) is 33.2 Å². The van der Waals surface area contributed by atoms with E-state index in [0.717, 1.165) is 77.7 Å². The molecule has 0 aromatic carbocycles. The first-order valence-electron chi connectivity index (χ1n) is 18.1. The van der Waals surface area contributed by atoms with Crippen molar-refractivity contribution in [2.45, 2.75) is 53.4 Å². The summed E-state index contributed by atoms with van der Waals surface area (Å²) in [6, 6.07) is 4.01. The molecule has 0 spiro atoms. The Hall–Kier alpha value is -3.98. The second-order valence-electron chi connectivity index (χ2n) is 13.7. The standard InChI is InChI=1S/C19H24BN3O3.C15H18BN3O2.C2H5NO.BrH/c1-3-4-17(24)23-8-6-12(2)15(11-23)14-9-20(25)26-16-10-22-19-13(18(14)16)5-7-21-19;1-9-2-4-17-7-12(9)11-6-16(20)21-13-8-19-15-10(14(11)13)3-5-18-15;1-2-3-4;/h5,7,9-10,12,15,25H,3-4,6,8,11H2,1-2H3,(H,21,22);3,5-6,8-9,12,17,20H,2,4,7H2,1H3,(H,18,19);2H2,1H3;1H/t12-,15+;9-,12+;;/m01../s1. The summed E-state index contributed by atoms with van der Waals surface area (Å²) in [7, 11) is -1.87. The van der Waals surface area contributed by atoms with Gasteiger partial charge in [0.15, 0.2) is 0 Å². The van der Waals surface area contributed by atoms with Gasteiger partial charge >= 0.3 is 14.2 Å². The summed E-state index contributed by atoms with van der Waals surface area (Å²) in [6.07, 6.45) is 10.7. The number of halogens is 1. The maximum atomic E-state index is 12.4. The van der Waals surface area contributed by atoms with Crippen LogP contribution in [-0.4, -0.2) is 87.8 Å². The molecule has 2 saturated heterocycles. The fourth-order valence-corrected chi connectivity index (χ4v) is 7.65. The molecular formula is C36H48B2BrN7O6. The van der Waals surface area contributed by atoms with Crippen molar-refractivity contribution in [3.8, 4) is 11.5 Å². The molecule has 276 valence electrons. The molecule has 4 aromatic heterocycles. The van der Waals surface area contributed by atoms with Crippen molar-refractivity contribution < 1.29 is 24.2 Å². The number of rotatable bonds is 5. The van der Waals surface area contributed by atoms with Gasteiger partial charge in [0, 0.05) is 66.3 Å². The molecule has 16 heteroatoms. The molecular weight excluding hydrogens is 728 g/mol. The number of nitrogens with zero attached hydrogens (tertiary/aromatic N) is 4. The zero-order valence-corrected chi connectivity index (χ0v) is 31.9. The molecule has 0 radical (unpaired) electrons. The minimum atomic E-state index is -0.982. The van der Waals surface area contributed by atoms with Gasteiger partial charge in [-0.15, -0.1) is 17.0 Å². The Morgan fingerprint density at radius 2 is 1.46 bits per heavy atom. The largest absolute Gasteiger partial charge is 0.552 e. The van der Waals surface area contributed by atoms with Gasteiger partial charge in [-0.3, -0.25) is 4.79 Å². The lowest BCUT2D eigenvalue weighted by atomic mass is 9.71. The first-order chi connectivity index (χ1) is 24.7. The highest BCUT2D eigenvalue weighted by molar-refractivity contribution is 8.93. The van der Waals surface area contributed by atoms with Crippen LogP contribution in [-0.2, 0) is 4.79 Å². The van der Waals surface area contributed by atoms with Gasteiger partial charge in [0.05, 0.1) is 18.9 Å². The summed E-state index contributed by atoms with van der Waals surface area (Å²) in [5, 5.41) is 28.2. The summed E-state index contributed by atoms with van der Waals surface area (Å²) in [5.74, 6) is 6.70. The minimum absolute atomic E-state index is 0. The summed E-state index contributed by atoms with van der Waals surface area (Å²) >= 11 is 0. The maximum Gasteiger partial charge on any atom is 0.552 e. The molecule has 0 bridgehead atoms. The van der Waals surface area contributed by atoms with Crippen molar-refractivity contribution in [2.24, 2.45) is 28.8 Å². The van der Waals surface area contributed by atoms with Crippen molar-refractivity contribution in [3.05, 3.63) is 64.9 Å². The molecule has 0 unspecified atom stereocenters. The van der Waals surface area contributed by atoms with Crippen LogP contribution in [0.15, 0.2) is 54.0 Å². The zero-order chi connectivity index (χ0) is 36.1. The van der Waals surface area contributed by atoms with Gasteiger partial charge < -0.3 is 39.5 Å². The highest BCUT2D eigenvalue weighted by atomic mass is 79.9. The van der Waals surface area contributed by atoms with Gasteiger partial charge in [-0.25, -0.2) is 9.97 Å². The molecule has 5 N–H and O–H groups in total. The van der Waals surface area contributed by atoms with E-state index in [-0.39, 0.29) is 28.8 Å². The number of likely N-dealkylation sites (tertiary alicyclic amines) is 1. The number of fused-ring (bicyclic) bond motifs is 6. The fraction of sp³-hybridized carbons (Fsp3) is 0.472. The number of pyridine rings is 2. The number of amides is 1. The lowest BCUT2D eigenvalue weighted by Gasteiger charge is -2.40. The number of carbonyl (C=O) groups is 1. The summed E-state index contributed by atoms with van der Waals surface area (Å²) in [4.78, 5) is 38.3. The molecule has 52 heavy (non-hydrogen) atoms. The van der Waals surface area contributed by atoms with Crippen LogP contribution in [0.4, 0.5) is 0 Å². The molecule has 4 atom stereocenters. The number of hydrogen-bond donors (Lipinski definition) is 5. The van der Waals surface area contributed by atoms with E-state index >= 15 is 0 Å². The van der Waals surface area contributed by atoms with E-state index in [9.17, 15) is 14.8 Å². The van der Waals surface area contributed by atoms with Gasteiger partial charge in [-0.2, -0.15) is 4.91 Å². The normalized spacial score (nSPS) is 22.2. The third-order valence-corrected chi connectivity index (χ3v) is 10.4. The number of piperidine rings is 2. The maximum absolute atomic E-state index is 12.4. The average molecular weight is 776 g/mol. The zero-order valence-electron chi connectivity index (χ0n) is 30.2. The van der Waals surface area contributed by atoms with Crippen molar-refractivity contribution in [3.63, 3.8) is 0 Å². The lowest BCUT2D eigenvalue weighted by Crippen LogP contribution is -2.44. The molecule has 8 heterocycles. The first kappa shape index (κ1) is 39.2. The van der Waals surface area contributed by atoms with E-state index in [1.807, 2.05) is 42.3 Å². The van der Waals surface area contributed by atoms with Crippen molar-refractivity contribution in [1.82, 2.24) is 30.2 Å². The number of aromatic nitrogens is 4. The molecule has 4 aliphatic heterocycles. The molecule has 4 aromatic rings. The summed E-state index contributed by atoms with van der Waals surface area (Å²) in [5.41, 5.74) is 5.96. The number of nitrogens with one attached hydrogen (secondary N) is 3. The van der Waals surface area contributed by atoms with Crippen LogP contribution >= 0.6 is 17.0 Å². The van der Waals surface area contributed by atoms with Crippen LogP contribution in [0.5, 0.6) is 11.5 Å². The SMILES string of the molecule is Br.CCCC(=O)N1CC[C@H](C)[C@H](C2=CB(O)Oc3cnc4[nH]ccc4c32)C1.CCN=O.C[C@@H]1CCNC[C@@H]1C1=CB(O)Oc2cnc3[nH]ccc3c21. The third kappa shape index (κ3) is 8.30. The highest BCUT2D eigenvalue weighted by Crippen LogP contribution is 2.44. The predicted molar refractivity (Wildman–Crippen MR) is 211 cm³/mol. The van der Waals surface area contributed by atoms with Crippen LogP contribution in [0.1, 0.15) is 64.5 Å². The van der Waals surface area contributed by atoms with Gasteiger partial charge in [0.2, 0.25) is 5.91 Å². The summed E-state index contributed by atoms with van der Waals surface area (Å²) in [6.45, 7) is 12.1. The van der Waals surface area contributed by atoms with E-state index < -0.39 is 14.2 Å². The number of carbonyl (C=O) groups excluding carboxylic acids is 1. The predicted octanol–water partition coefficient (Wildman–Crippen LogP) is 5.60. The van der Waals surface area contributed by atoms with Crippen LogP contribution < -0.4 is 14.6 Å². The monoisotopic (exact) mass is 775 g/mol. The molecule has 1 amide bonds. The Bertz CT molecular complexity index is 1920. The number of hydrogen-bond acceptors (Lipinski definition) is 10. The van der Waals surface area contributed by atoms with E-state index in [2.05, 4.69) is 44.3 Å². The van der Waals surface area contributed by atoms with Gasteiger partial charge in [-0.1, -0.05) is 25.9 Å². The van der Waals surface area contributed by atoms with E-state index in [4.69, 9.17) is 14.2 Å². The minimum Gasteiger partial charge on any atom is -0.531 e. The second kappa shape index (κ2) is 17.7. The molecule has 0 aliphatic carbocycles. The molecule has 2 fully saturated rings. The van der Waals surface area contributed by atoms with Crippen molar-refractivity contribution in [1.29, 1.82) is 0 Å². The Labute approximate surface area is 315 Å². The van der Waals surface area contributed by atoms with Crippen molar-refractivity contribution in [2.75, 3.05) is 32.7 Å². The van der Waals surface area contributed by atoms with Gasteiger partial charge in [0.25, 0.3) is 0 Å². The van der Waals surface area contributed by atoms with Crippen LogP contribution in [0.2, 0.25) is 0 Å². The molecule has 8 rings (SSSR count). The molecule has 4 aliphatic rings. The van der Waals surface area contributed by atoms with Gasteiger partial charge in [-0.05, 0) is 85.7 Å². The van der Waals surface area contributed by atoms with Crippen LogP contribution in [0.3, 0.4) is 0 Å². The topological polar surface area (TPSA) is 178 Å². The van der Waals surface area contributed by atoms with Gasteiger partial charge in [0.1, 0.15) is 22.8 Å². The first-order valence-corrected chi connectivity index (χ1v) is 18.1. The fourth-order valence-electron chi connectivity index (χ4n) is 7.65. The Balaban J connectivity index is 0.000000182. The van der Waals surface area contributed by atoms with E-state index in [1.165, 1.54) is 5.57 Å². The molecule has 13 nitrogen and oxygen atoms in total. The smallest absolute Gasteiger partial charge is 0.531 e. The second-order valence-corrected chi connectivity index (χ2v) is 13.7. The Morgan fingerprint density at radius 3 is 1.98 bits per heavy atom. The van der Waals surface area contributed by atoms with Crippen LogP contribution in [0, 0.1) is 28.6 Å².